The van der Waals surface area contributed by atoms with E-state index in [1.54, 1.807) is 31.2 Å². The van der Waals surface area contributed by atoms with E-state index < -0.39 is 34.3 Å². The fourth-order valence-corrected chi connectivity index (χ4v) is 5.55. The number of likely N-dealkylation sites (N-methyl/N-ethyl adjacent to an activating group) is 1. The number of anilines is 1. The zero-order valence-electron chi connectivity index (χ0n) is 19.2. The summed E-state index contributed by atoms with van der Waals surface area (Å²) in [5, 5.41) is 0. The maximum absolute atomic E-state index is 13.4. The predicted octanol–water partition coefficient (Wildman–Crippen LogP) is 3.78. The molecule has 0 aromatic heterocycles. The number of sulfonamides is 1. The number of amides is 1. The van der Waals surface area contributed by atoms with Crippen molar-refractivity contribution in [3.63, 3.8) is 0 Å². The fourth-order valence-electron chi connectivity index (χ4n) is 4.00. The molecule has 7 nitrogen and oxygen atoms in total. The molecule has 0 bridgehead atoms. The van der Waals surface area contributed by atoms with Gasteiger partial charge in [0.25, 0.3) is 15.9 Å². The van der Waals surface area contributed by atoms with Crippen molar-refractivity contribution >= 4 is 27.6 Å². The Bertz CT molecular complexity index is 1360. The Morgan fingerprint density at radius 1 is 1.03 bits per heavy atom. The first-order chi connectivity index (χ1) is 16.8. The lowest BCUT2D eigenvalue weighted by atomic mass is 10.2. The number of nitrogens with zero attached hydrogens (tertiary/aromatic N) is 2. The van der Waals surface area contributed by atoms with E-state index in [0.717, 1.165) is 5.56 Å². The highest BCUT2D eigenvalue weighted by molar-refractivity contribution is 7.92. The number of ether oxygens (including phenoxy) is 1. The number of hydrogen-bond donors (Lipinski definition) is 0. The van der Waals surface area contributed by atoms with E-state index in [0.29, 0.717) is 30.8 Å². The molecule has 9 heteroatoms. The van der Waals surface area contributed by atoms with Crippen LogP contribution in [0.1, 0.15) is 28.4 Å². The third kappa shape index (κ3) is 5.35. The largest absolute Gasteiger partial charge is 0.452 e. The second-order valence-corrected chi connectivity index (χ2v) is 9.96. The second kappa shape index (κ2) is 10.3. The molecule has 1 aliphatic heterocycles. The molecule has 182 valence electrons. The molecule has 0 radical (unpaired) electrons. The van der Waals surface area contributed by atoms with E-state index in [1.165, 1.54) is 45.6 Å². The molecule has 0 spiro atoms. The first kappa shape index (κ1) is 24.4. The van der Waals surface area contributed by atoms with E-state index in [-0.39, 0.29) is 17.0 Å². The maximum atomic E-state index is 13.4. The number of carbonyl (C=O) groups is 2. The molecule has 4 rings (SSSR count). The van der Waals surface area contributed by atoms with Gasteiger partial charge in [-0.2, -0.15) is 0 Å². The van der Waals surface area contributed by atoms with Gasteiger partial charge in [0.05, 0.1) is 16.1 Å². The van der Waals surface area contributed by atoms with Gasteiger partial charge < -0.3 is 9.64 Å². The topological polar surface area (TPSA) is 84.0 Å². The molecule has 1 amide bonds. The van der Waals surface area contributed by atoms with Crippen molar-refractivity contribution in [1.82, 2.24) is 4.90 Å². The third-order valence-corrected chi connectivity index (χ3v) is 7.64. The normalized spacial score (nSPS) is 12.8. The molecule has 3 aromatic carbocycles. The molecule has 3 aromatic rings. The fraction of sp³-hybridized carbons (Fsp3) is 0.231. The van der Waals surface area contributed by atoms with Crippen LogP contribution >= 0.6 is 0 Å². The predicted molar refractivity (Wildman–Crippen MR) is 129 cm³/mol. The van der Waals surface area contributed by atoms with Crippen LogP contribution in [0.25, 0.3) is 0 Å². The van der Waals surface area contributed by atoms with Crippen LogP contribution in [0.5, 0.6) is 0 Å². The Kier molecular flexibility index (Phi) is 7.16. The van der Waals surface area contributed by atoms with Crippen LogP contribution in [0, 0.1) is 5.82 Å². The van der Waals surface area contributed by atoms with Crippen LogP contribution in [0.2, 0.25) is 0 Å². The molecule has 1 heterocycles. The smallest absolute Gasteiger partial charge is 0.338 e. The minimum atomic E-state index is -3.88. The Balaban J connectivity index is 1.43. The number of hydrogen-bond acceptors (Lipinski definition) is 5. The Morgan fingerprint density at radius 2 is 1.80 bits per heavy atom. The molecule has 35 heavy (non-hydrogen) atoms. The SMILES string of the molecule is CCN(Cc1cccc(F)c1)C(=O)COC(=O)c1cccc(S(=O)(=O)N2CCc3ccccc32)c1. The Labute approximate surface area is 203 Å². The lowest BCUT2D eigenvalue weighted by molar-refractivity contribution is -0.134. The number of carbonyl (C=O) groups excluding carboxylic acids is 2. The lowest BCUT2D eigenvalue weighted by Crippen LogP contribution is -2.34. The van der Waals surface area contributed by atoms with Crippen molar-refractivity contribution in [3.8, 4) is 0 Å². The van der Waals surface area contributed by atoms with Crippen LogP contribution in [0.15, 0.2) is 77.7 Å². The summed E-state index contributed by atoms with van der Waals surface area (Å²) in [5.41, 5.74) is 2.22. The van der Waals surface area contributed by atoms with Gasteiger partial charge in [-0.3, -0.25) is 9.10 Å². The van der Waals surface area contributed by atoms with E-state index >= 15 is 0 Å². The summed E-state index contributed by atoms with van der Waals surface area (Å²) in [6.07, 6.45) is 0.614. The number of rotatable bonds is 8. The molecule has 0 saturated heterocycles. The first-order valence-electron chi connectivity index (χ1n) is 11.2. The summed E-state index contributed by atoms with van der Waals surface area (Å²) in [6.45, 7) is 2.10. The van der Waals surface area contributed by atoms with Crippen LogP contribution in [-0.2, 0) is 32.5 Å². The summed E-state index contributed by atoms with van der Waals surface area (Å²) in [5.74, 6) is -1.65. The van der Waals surface area contributed by atoms with E-state index in [1.807, 2.05) is 12.1 Å². The van der Waals surface area contributed by atoms with Crippen LogP contribution in [0.3, 0.4) is 0 Å². The summed E-state index contributed by atoms with van der Waals surface area (Å²) in [6, 6.07) is 18.8. The van der Waals surface area contributed by atoms with Crippen molar-refractivity contribution in [2.75, 3.05) is 24.0 Å². The standard InChI is InChI=1S/C26H25FN2O5S/c1-2-28(17-19-7-5-10-22(27)15-19)25(30)18-34-26(31)21-9-6-11-23(16-21)35(32,33)29-14-13-20-8-3-4-12-24(20)29/h3-12,15-16H,2,13-14,17-18H2,1H3. The number of halogens is 1. The van der Waals surface area contributed by atoms with Crippen molar-refractivity contribution in [2.45, 2.75) is 24.8 Å². The highest BCUT2D eigenvalue weighted by atomic mass is 32.2. The Morgan fingerprint density at radius 3 is 2.57 bits per heavy atom. The number of benzene rings is 3. The van der Waals surface area contributed by atoms with Gasteiger partial charge in [-0.15, -0.1) is 0 Å². The number of para-hydroxylation sites is 1. The van der Waals surface area contributed by atoms with Gasteiger partial charge in [0.15, 0.2) is 6.61 Å². The summed E-state index contributed by atoms with van der Waals surface area (Å²) < 4.78 is 46.4. The Hall–Kier alpha value is -3.72. The van der Waals surface area contributed by atoms with Crippen LogP contribution in [-0.4, -0.2) is 44.9 Å². The van der Waals surface area contributed by atoms with Gasteiger partial charge in [0, 0.05) is 19.6 Å². The van der Waals surface area contributed by atoms with E-state index in [2.05, 4.69) is 0 Å². The van der Waals surface area contributed by atoms with Crippen molar-refractivity contribution < 1.29 is 27.1 Å². The lowest BCUT2D eigenvalue weighted by Gasteiger charge is -2.21. The van der Waals surface area contributed by atoms with Crippen molar-refractivity contribution in [2.24, 2.45) is 0 Å². The summed E-state index contributed by atoms with van der Waals surface area (Å²) >= 11 is 0. The quantitative estimate of drug-likeness (QED) is 0.443. The second-order valence-electron chi connectivity index (χ2n) is 8.10. The molecule has 0 unspecified atom stereocenters. The minimum absolute atomic E-state index is 0.0273. The molecular formula is C26H25FN2O5S. The molecule has 0 aliphatic carbocycles. The van der Waals surface area contributed by atoms with E-state index in [4.69, 9.17) is 4.74 Å². The molecule has 0 fully saturated rings. The van der Waals surface area contributed by atoms with Crippen LogP contribution in [0.4, 0.5) is 10.1 Å². The third-order valence-electron chi connectivity index (χ3n) is 5.83. The van der Waals surface area contributed by atoms with Gasteiger partial charge in [-0.1, -0.05) is 36.4 Å². The number of fused-ring (bicyclic) bond motifs is 1. The van der Waals surface area contributed by atoms with Crippen molar-refractivity contribution in [3.05, 3.63) is 95.3 Å². The van der Waals surface area contributed by atoms with Gasteiger partial charge in [0.1, 0.15) is 5.82 Å². The summed E-state index contributed by atoms with van der Waals surface area (Å²) in [4.78, 5) is 26.6. The minimum Gasteiger partial charge on any atom is -0.452 e. The van der Waals surface area contributed by atoms with Crippen LogP contribution < -0.4 is 4.31 Å². The highest BCUT2D eigenvalue weighted by Gasteiger charge is 2.31. The molecular weight excluding hydrogens is 471 g/mol. The summed E-state index contributed by atoms with van der Waals surface area (Å²) in [7, 11) is -3.88. The molecule has 0 atom stereocenters. The maximum Gasteiger partial charge on any atom is 0.338 e. The van der Waals surface area contributed by atoms with Crippen molar-refractivity contribution in [1.29, 1.82) is 0 Å². The monoisotopic (exact) mass is 496 g/mol. The van der Waals surface area contributed by atoms with Gasteiger partial charge in [-0.05, 0) is 60.9 Å². The zero-order valence-corrected chi connectivity index (χ0v) is 20.0. The molecule has 0 N–H and O–H groups in total. The van der Waals surface area contributed by atoms with Gasteiger partial charge >= 0.3 is 5.97 Å². The first-order valence-corrected chi connectivity index (χ1v) is 12.6. The highest BCUT2D eigenvalue weighted by Crippen LogP contribution is 2.32. The van der Waals surface area contributed by atoms with E-state index in [9.17, 15) is 22.4 Å². The average molecular weight is 497 g/mol. The average Bonchev–Trinajstić information content (AvgIpc) is 3.31. The molecule has 1 aliphatic rings. The van der Waals surface area contributed by atoms with Gasteiger partial charge in [-0.25, -0.2) is 17.6 Å². The molecule has 0 saturated carbocycles. The zero-order chi connectivity index (χ0) is 25.0. The number of esters is 1. The van der Waals surface area contributed by atoms with Gasteiger partial charge in [0.2, 0.25) is 0 Å².